The Morgan fingerprint density at radius 1 is 1.45 bits per heavy atom. The smallest absolute Gasteiger partial charge is 0.323 e. The monoisotopic (exact) mass is 165 g/mol. The number of halogens is 1. The maximum absolute atomic E-state index is 11.5. The van der Waals surface area contributed by atoms with Crippen LogP contribution in [0.2, 0.25) is 0 Å². The van der Waals surface area contributed by atoms with Crippen LogP contribution in [-0.2, 0) is 9.59 Å². The van der Waals surface area contributed by atoms with Crippen molar-refractivity contribution in [2.75, 3.05) is 0 Å². The first-order chi connectivity index (χ1) is 5.07. The highest BCUT2D eigenvalue weighted by molar-refractivity contribution is 5.74. The number of hydrogen-bond acceptors (Lipinski definition) is 3. The summed E-state index contributed by atoms with van der Waals surface area (Å²) in [7, 11) is 0. The van der Waals surface area contributed by atoms with Crippen LogP contribution in [-0.4, -0.2) is 28.2 Å². The van der Waals surface area contributed by atoms with Crippen LogP contribution in [0.4, 0.5) is 4.48 Å². The predicted octanol–water partition coefficient (Wildman–Crippen LogP) is -0.222. The van der Waals surface area contributed by atoms with Crippen LogP contribution in [0.5, 0.6) is 0 Å². The molecule has 0 saturated carbocycles. The van der Waals surface area contributed by atoms with E-state index in [2.05, 4.69) is 0 Å². The molecule has 0 spiro atoms. The maximum Gasteiger partial charge on any atom is 0.323 e. The Balaban J connectivity index is 3.70. The first-order valence-electron chi connectivity index (χ1n) is 2.88. The van der Waals surface area contributed by atoms with Gasteiger partial charge in [-0.3, -0.25) is 9.59 Å². The van der Waals surface area contributed by atoms with Crippen molar-refractivity contribution in [3.8, 4) is 0 Å². The molecule has 0 amide bonds. The lowest BCUT2D eigenvalue weighted by Crippen LogP contribution is -2.31. The van der Waals surface area contributed by atoms with Crippen molar-refractivity contribution in [1.29, 1.82) is 0 Å². The van der Waals surface area contributed by atoms with Crippen LogP contribution >= 0.6 is 0 Å². The SMILES string of the molecule is O=C(O)CC[C@@H](NF)C(=O)O. The fourth-order valence-electron chi connectivity index (χ4n) is 0.493. The summed E-state index contributed by atoms with van der Waals surface area (Å²) in [6, 6.07) is -1.42. The van der Waals surface area contributed by atoms with Gasteiger partial charge < -0.3 is 10.2 Å². The second kappa shape index (κ2) is 4.62. The third-order valence-electron chi connectivity index (χ3n) is 1.08. The van der Waals surface area contributed by atoms with E-state index in [9.17, 15) is 14.1 Å². The standard InChI is InChI=1S/C5H8FNO4/c6-7-3(5(10)11)1-2-4(8)9/h3,7H,1-2H2,(H,8,9)(H,10,11)/t3-/m1/s1. The Hall–Kier alpha value is -1.17. The fraction of sp³-hybridized carbons (Fsp3) is 0.600. The van der Waals surface area contributed by atoms with Gasteiger partial charge in [0.15, 0.2) is 0 Å². The van der Waals surface area contributed by atoms with Crippen LogP contribution in [0.15, 0.2) is 0 Å². The third kappa shape index (κ3) is 4.26. The lowest BCUT2D eigenvalue weighted by molar-refractivity contribution is -0.142. The van der Waals surface area contributed by atoms with Crippen molar-refractivity contribution in [3.63, 3.8) is 0 Å². The molecule has 0 aromatic carbocycles. The van der Waals surface area contributed by atoms with Crippen molar-refractivity contribution < 1.29 is 24.3 Å². The molecule has 0 rings (SSSR count). The zero-order valence-electron chi connectivity index (χ0n) is 5.58. The van der Waals surface area contributed by atoms with Gasteiger partial charge in [-0.1, -0.05) is 0 Å². The average Bonchev–Trinajstić information content (AvgIpc) is 1.87. The molecule has 11 heavy (non-hydrogen) atoms. The Morgan fingerprint density at radius 2 is 2.00 bits per heavy atom. The van der Waals surface area contributed by atoms with Gasteiger partial charge in [-0.2, -0.15) is 0 Å². The Bertz CT molecular complexity index is 161. The fourth-order valence-corrected chi connectivity index (χ4v) is 0.493. The van der Waals surface area contributed by atoms with E-state index in [1.54, 1.807) is 0 Å². The van der Waals surface area contributed by atoms with E-state index in [1.165, 1.54) is 0 Å². The first kappa shape index (κ1) is 9.83. The predicted molar refractivity (Wildman–Crippen MR) is 32.5 cm³/mol. The minimum absolute atomic E-state index is 0.263. The van der Waals surface area contributed by atoms with E-state index >= 15 is 0 Å². The summed E-state index contributed by atoms with van der Waals surface area (Å²) in [5.74, 6) is -2.54. The number of nitrogens with one attached hydrogen (secondary N) is 1. The van der Waals surface area contributed by atoms with E-state index < -0.39 is 18.0 Å². The summed E-state index contributed by atoms with van der Waals surface area (Å²) < 4.78 is 11.5. The lowest BCUT2D eigenvalue weighted by Gasteiger charge is -2.04. The van der Waals surface area contributed by atoms with Crippen LogP contribution in [0.25, 0.3) is 0 Å². The van der Waals surface area contributed by atoms with Crippen molar-refractivity contribution in [1.82, 2.24) is 5.54 Å². The highest BCUT2D eigenvalue weighted by atomic mass is 19.2. The third-order valence-corrected chi connectivity index (χ3v) is 1.08. The molecule has 64 valence electrons. The molecule has 3 N–H and O–H groups in total. The normalized spacial score (nSPS) is 12.5. The number of rotatable bonds is 5. The van der Waals surface area contributed by atoms with Crippen LogP contribution in [0.3, 0.4) is 0 Å². The molecule has 5 nitrogen and oxygen atoms in total. The number of hydrogen-bond donors (Lipinski definition) is 3. The molecule has 0 bridgehead atoms. The molecule has 0 aliphatic rings. The second-order valence-corrected chi connectivity index (χ2v) is 1.93. The van der Waals surface area contributed by atoms with Gasteiger partial charge in [0.1, 0.15) is 6.04 Å². The summed E-state index contributed by atoms with van der Waals surface area (Å²) in [6.07, 6.45) is -0.630. The topological polar surface area (TPSA) is 86.6 Å². The first-order valence-corrected chi connectivity index (χ1v) is 2.88. The number of carbonyl (C=O) groups is 2. The lowest BCUT2D eigenvalue weighted by atomic mass is 10.2. The average molecular weight is 165 g/mol. The Morgan fingerprint density at radius 3 is 2.27 bits per heavy atom. The Labute approximate surface area is 61.8 Å². The molecule has 1 atom stereocenters. The highest BCUT2D eigenvalue weighted by Gasteiger charge is 2.17. The van der Waals surface area contributed by atoms with E-state index in [1.807, 2.05) is 0 Å². The van der Waals surface area contributed by atoms with E-state index in [0.29, 0.717) is 0 Å². The quantitative estimate of drug-likeness (QED) is 0.490. The molecule has 0 saturated heterocycles. The summed E-state index contributed by atoms with van der Waals surface area (Å²) in [4.78, 5) is 19.9. The van der Waals surface area contributed by atoms with Gasteiger partial charge in [0.25, 0.3) is 0 Å². The molecule has 0 fully saturated rings. The van der Waals surface area contributed by atoms with Crippen molar-refractivity contribution in [2.24, 2.45) is 0 Å². The molecule has 0 aromatic rings. The molecule has 0 unspecified atom stereocenters. The molecule has 0 heterocycles. The largest absolute Gasteiger partial charge is 0.481 e. The highest BCUT2D eigenvalue weighted by Crippen LogP contribution is 1.97. The molecule has 0 aromatic heterocycles. The molecule has 0 aliphatic heterocycles. The maximum atomic E-state index is 11.5. The van der Waals surface area contributed by atoms with Crippen molar-refractivity contribution in [3.05, 3.63) is 0 Å². The van der Waals surface area contributed by atoms with Gasteiger partial charge in [-0.25, -0.2) is 0 Å². The minimum Gasteiger partial charge on any atom is -0.481 e. The van der Waals surface area contributed by atoms with Crippen LogP contribution in [0.1, 0.15) is 12.8 Å². The van der Waals surface area contributed by atoms with Gasteiger partial charge in [0.2, 0.25) is 0 Å². The van der Waals surface area contributed by atoms with Crippen LogP contribution < -0.4 is 5.54 Å². The van der Waals surface area contributed by atoms with Gasteiger partial charge in [-0.05, 0) is 6.42 Å². The number of carboxylic acid groups (broad SMARTS) is 2. The number of carboxylic acids is 2. The second-order valence-electron chi connectivity index (χ2n) is 1.93. The number of aliphatic carboxylic acids is 2. The minimum atomic E-state index is -1.42. The summed E-state index contributed by atoms with van der Waals surface area (Å²) in [6.45, 7) is 0. The van der Waals surface area contributed by atoms with Gasteiger partial charge >= 0.3 is 11.9 Å². The zero-order chi connectivity index (χ0) is 8.85. The van der Waals surface area contributed by atoms with Gasteiger partial charge in [0.05, 0.1) is 0 Å². The molecule has 0 aliphatic carbocycles. The van der Waals surface area contributed by atoms with E-state index in [4.69, 9.17) is 10.2 Å². The van der Waals surface area contributed by atoms with Crippen molar-refractivity contribution >= 4 is 11.9 Å². The summed E-state index contributed by atoms with van der Waals surface area (Å²) in [5.41, 5.74) is 0.994. The summed E-state index contributed by atoms with van der Waals surface area (Å²) >= 11 is 0. The van der Waals surface area contributed by atoms with Crippen LogP contribution in [0, 0.1) is 0 Å². The Kier molecular flexibility index (Phi) is 4.12. The summed E-state index contributed by atoms with van der Waals surface area (Å²) in [5, 5.41) is 16.3. The van der Waals surface area contributed by atoms with E-state index in [0.717, 1.165) is 5.54 Å². The van der Waals surface area contributed by atoms with Gasteiger partial charge in [-0.15, -0.1) is 10.0 Å². The van der Waals surface area contributed by atoms with E-state index in [-0.39, 0.29) is 12.8 Å². The molecular formula is C5H8FNO4. The van der Waals surface area contributed by atoms with Crippen molar-refractivity contribution in [2.45, 2.75) is 18.9 Å². The molecule has 6 heteroatoms. The molecular weight excluding hydrogens is 157 g/mol. The zero-order valence-corrected chi connectivity index (χ0v) is 5.58. The molecule has 0 radical (unpaired) electrons. The van der Waals surface area contributed by atoms with Gasteiger partial charge in [0, 0.05) is 6.42 Å².